The number of hydrogen-bond donors (Lipinski definition) is 0. The van der Waals surface area contributed by atoms with Gasteiger partial charge in [-0.25, -0.2) is 4.79 Å². The first kappa shape index (κ1) is 16.7. The molecule has 0 saturated carbocycles. The minimum absolute atomic E-state index is 0.0666. The Balaban J connectivity index is 1.83. The molecular weight excluding hydrogens is 282 g/mol. The average molecular weight is 309 g/mol. The molecule has 0 atom stereocenters. The molecule has 1 aromatic heterocycles. The molecule has 1 saturated heterocycles. The van der Waals surface area contributed by atoms with E-state index in [1.165, 1.54) is 0 Å². The lowest BCUT2D eigenvalue weighted by Gasteiger charge is -2.37. The van der Waals surface area contributed by atoms with Crippen LogP contribution < -0.4 is 0 Å². The highest BCUT2D eigenvalue weighted by Gasteiger charge is 2.26. The molecule has 0 aliphatic carbocycles. The number of rotatable bonds is 4. The number of nitrogens with zero attached hydrogens (tertiary/aromatic N) is 5. The van der Waals surface area contributed by atoms with Crippen LogP contribution in [-0.4, -0.2) is 71.1 Å². The van der Waals surface area contributed by atoms with Gasteiger partial charge < -0.3 is 14.3 Å². The van der Waals surface area contributed by atoms with Crippen LogP contribution >= 0.6 is 0 Å². The van der Waals surface area contributed by atoms with Gasteiger partial charge in [-0.1, -0.05) is 19.0 Å². The number of hydrogen-bond acceptors (Lipinski definition) is 5. The summed E-state index contributed by atoms with van der Waals surface area (Å²) in [6, 6.07) is 0.372. The van der Waals surface area contributed by atoms with Gasteiger partial charge in [-0.3, -0.25) is 4.90 Å². The highest BCUT2D eigenvalue weighted by atomic mass is 16.5. The highest BCUT2D eigenvalue weighted by Crippen LogP contribution is 2.18. The molecule has 1 aliphatic rings. The molecule has 0 N–H and O–H groups in total. The Morgan fingerprint density at radius 3 is 2.45 bits per heavy atom. The standard InChI is InChI=1S/C15H27N5O2/c1-11(2)14-16-13(22-17-14)10-20-8-6-12(7-9-20)19(5)15(21)18(3)4/h11-12H,6-10H2,1-5H3. The van der Waals surface area contributed by atoms with Crippen molar-refractivity contribution in [3.8, 4) is 0 Å². The topological polar surface area (TPSA) is 65.7 Å². The van der Waals surface area contributed by atoms with Crippen LogP contribution in [-0.2, 0) is 6.54 Å². The summed E-state index contributed by atoms with van der Waals surface area (Å²) in [6.45, 7) is 6.68. The average Bonchev–Trinajstić information content (AvgIpc) is 2.95. The molecule has 124 valence electrons. The van der Waals surface area contributed by atoms with Crippen LogP contribution in [0.3, 0.4) is 0 Å². The fraction of sp³-hybridized carbons (Fsp3) is 0.800. The first-order chi connectivity index (χ1) is 10.4. The van der Waals surface area contributed by atoms with Crippen molar-refractivity contribution in [2.45, 2.75) is 45.2 Å². The lowest BCUT2D eigenvalue weighted by Crippen LogP contribution is -2.48. The fourth-order valence-corrected chi connectivity index (χ4v) is 2.69. The SMILES string of the molecule is CC(C)c1noc(CN2CCC(N(C)C(=O)N(C)C)CC2)n1. The van der Waals surface area contributed by atoms with Gasteiger partial charge in [-0.05, 0) is 12.8 Å². The number of piperidine rings is 1. The number of urea groups is 1. The molecule has 1 fully saturated rings. The van der Waals surface area contributed by atoms with Crippen LogP contribution in [0.5, 0.6) is 0 Å². The molecule has 7 nitrogen and oxygen atoms in total. The Hall–Kier alpha value is -1.63. The van der Waals surface area contributed by atoms with E-state index in [-0.39, 0.29) is 11.9 Å². The molecule has 1 aromatic rings. The van der Waals surface area contributed by atoms with E-state index in [0.29, 0.717) is 18.5 Å². The quantitative estimate of drug-likeness (QED) is 0.848. The monoisotopic (exact) mass is 309 g/mol. The lowest BCUT2D eigenvalue weighted by molar-refractivity contribution is 0.112. The first-order valence-corrected chi connectivity index (χ1v) is 7.87. The van der Waals surface area contributed by atoms with Crippen LogP contribution in [0, 0.1) is 0 Å². The van der Waals surface area contributed by atoms with Crippen molar-refractivity contribution in [2.75, 3.05) is 34.2 Å². The number of likely N-dealkylation sites (tertiary alicyclic amines) is 1. The molecule has 1 aliphatic heterocycles. The van der Waals surface area contributed by atoms with Gasteiger partial charge in [0, 0.05) is 46.2 Å². The normalized spacial score (nSPS) is 17.0. The van der Waals surface area contributed by atoms with Crippen molar-refractivity contribution >= 4 is 6.03 Å². The smallest absolute Gasteiger partial charge is 0.319 e. The van der Waals surface area contributed by atoms with E-state index < -0.39 is 0 Å². The molecule has 2 heterocycles. The second-order valence-electron chi connectivity index (χ2n) is 6.50. The van der Waals surface area contributed by atoms with Crippen molar-refractivity contribution in [2.24, 2.45) is 0 Å². The molecule has 0 bridgehead atoms. The predicted molar refractivity (Wildman–Crippen MR) is 83.5 cm³/mol. The fourth-order valence-electron chi connectivity index (χ4n) is 2.69. The third kappa shape index (κ3) is 3.97. The van der Waals surface area contributed by atoms with Gasteiger partial charge in [0.15, 0.2) is 5.82 Å². The molecule has 2 amide bonds. The maximum Gasteiger partial charge on any atom is 0.319 e. The van der Waals surface area contributed by atoms with E-state index in [1.54, 1.807) is 19.0 Å². The zero-order valence-electron chi connectivity index (χ0n) is 14.2. The van der Waals surface area contributed by atoms with E-state index in [0.717, 1.165) is 31.8 Å². The second-order valence-corrected chi connectivity index (χ2v) is 6.50. The summed E-state index contributed by atoms with van der Waals surface area (Å²) in [5.74, 6) is 1.73. The van der Waals surface area contributed by atoms with Gasteiger partial charge in [-0.15, -0.1) is 0 Å². The zero-order valence-corrected chi connectivity index (χ0v) is 14.2. The van der Waals surface area contributed by atoms with Crippen LogP contribution in [0.4, 0.5) is 4.79 Å². The summed E-state index contributed by atoms with van der Waals surface area (Å²) in [5, 5.41) is 4.00. The minimum atomic E-state index is 0.0666. The Kier molecular flexibility index (Phi) is 5.39. The predicted octanol–water partition coefficient (Wildman–Crippen LogP) is 1.77. The van der Waals surface area contributed by atoms with Crippen LogP contribution in [0.1, 0.15) is 44.3 Å². The maximum absolute atomic E-state index is 12.0. The molecule has 7 heteroatoms. The highest BCUT2D eigenvalue weighted by molar-refractivity contribution is 5.73. The van der Waals surface area contributed by atoms with Gasteiger partial charge in [-0.2, -0.15) is 4.98 Å². The number of carbonyl (C=O) groups excluding carboxylic acids is 1. The van der Waals surface area contributed by atoms with Crippen molar-refractivity contribution in [3.63, 3.8) is 0 Å². The second kappa shape index (κ2) is 7.09. The molecule has 0 unspecified atom stereocenters. The number of aromatic nitrogens is 2. The van der Waals surface area contributed by atoms with Gasteiger partial charge in [0.25, 0.3) is 0 Å². The first-order valence-electron chi connectivity index (χ1n) is 7.87. The molecule has 0 spiro atoms. The number of carbonyl (C=O) groups is 1. The minimum Gasteiger partial charge on any atom is -0.338 e. The third-order valence-electron chi connectivity index (χ3n) is 4.15. The van der Waals surface area contributed by atoms with Crippen molar-refractivity contribution in [1.29, 1.82) is 0 Å². The van der Waals surface area contributed by atoms with E-state index in [1.807, 2.05) is 11.9 Å². The Morgan fingerprint density at radius 1 is 1.32 bits per heavy atom. The largest absolute Gasteiger partial charge is 0.338 e. The third-order valence-corrected chi connectivity index (χ3v) is 4.15. The summed E-state index contributed by atoms with van der Waals surface area (Å²) in [5.41, 5.74) is 0. The Bertz CT molecular complexity index is 492. The van der Waals surface area contributed by atoms with E-state index >= 15 is 0 Å². The Labute approximate surface area is 132 Å². The summed E-state index contributed by atoms with van der Waals surface area (Å²) >= 11 is 0. The zero-order chi connectivity index (χ0) is 16.3. The van der Waals surface area contributed by atoms with Crippen LogP contribution in [0.25, 0.3) is 0 Å². The molecule has 2 rings (SSSR count). The van der Waals surface area contributed by atoms with Gasteiger partial charge in [0.1, 0.15) is 0 Å². The molecular formula is C15H27N5O2. The van der Waals surface area contributed by atoms with E-state index in [2.05, 4.69) is 28.9 Å². The number of amides is 2. The van der Waals surface area contributed by atoms with Crippen LogP contribution in [0.2, 0.25) is 0 Å². The van der Waals surface area contributed by atoms with Crippen molar-refractivity contribution in [3.05, 3.63) is 11.7 Å². The van der Waals surface area contributed by atoms with Gasteiger partial charge >= 0.3 is 6.03 Å². The Morgan fingerprint density at radius 2 is 1.95 bits per heavy atom. The lowest BCUT2D eigenvalue weighted by atomic mass is 10.0. The summed E-state index contributed by atoms with van der Waals surface area (Å²) in [7, 11) is 5.46. The van der Waals surface area contributed by atoms with Crippen LogP contribution in [0.15, 0.2) is 4.52 Å². The molecule has 22 heavy (non-hydrogen) atoms. The summed E-state index contributed by atoms with van der Waals surface area (Å²) < 4.78 is 5.30. The van der Waals surface area contributed by atoms with Crippen molar-refractivity contribution in [1.82, 2.24) is 24.8 Å². The molecule has 0 radical (unpaired) electrons. The van der Waals surface area contributed by atoms with E-state index in [9.17, 15) is 4.79 Å². The van der Waals surface area contributed by atoms with E-state index in [4.69, 9.17) is 4.52 Å². The van der Waals surface area contributed by atoms with Crippen molar-refractivity contribution < 1.29 is 9.32 Å². The van der Waals surface area contributed by atoms with Gasteiger partial charge in [0.05, 0.1) is 6.54 Å². The maximum atomic E-state index is 12.0. The summed E-state index contributed by atoms with van der Waals surface area (Å²) in [6.07, 6.45) is 1.95. The van der Waals surface area contributed by atoms with Gasteiger partial charge in [0.2, 0.25) is 5.89 Å². The molecule has 0 aromatic carbocycles. The summed E-state index contributed by atoms with van der Waals surface area (Å²) in [4.78, 5) is 22.2.